The second-order valence-corrected chi connectivity index (χ2v) is 7.46. The molecule has 0 unspecified atom stereocenters. The van der Waals surface area contributed by atoms with Crippen LogP contribution in [0.2, 0.25) is 0 Å². The van der Waals surface area contributed by atoms with Gasteiger partial charge in [-0.15, -0.1) is 0 Å². The molecule has 19 heavy (non-hydrogen) atoms. The molecule has 2 saturated heterocycles. The van der Waals surface area contributed by atoms with E-state index in [0.29, 0.717) is 39.1 Å². The summed E-state index contributed by atoms with van der Waals surface area (Å²) >= 11 is 0. The highest BCUT2D eigenvalue weighted by molar-refractivity contribution is 7.88. The molecule has 0 aromatic carbocycles. The van der Waals surface area contributed by atoms with Crippen molar-refractivity contribution in [1.29, 1.82) is 0 Å². The van der Waals surface area contributed by atoms with E-state index in [1.165, 1.54) is 10.6 Å². The minimum Gasteiger partial charge on any atom is -0.383 e. The van der Waals surface area contributed by atoms with Gasteiger partial charge in [-0.05, 0) is 19.3 Å². The van der Waals surface area contributed by atoms with Crippen molar-refractivity contribution >= 4 is 15.9 Å². The molecule has 2 aliphatic heterocycles. The molecule has 2 heterocycles. The Hall–Kier alpha value is -0.660. The van der Waals surface area contributed by atoms with Crippen molar-refractivity contribution in [1.82, 2.24) is 9.21 Å². The largest absolute Gasteiger partial charge is 0.383 e. The first-order chi connectivity index (χ1) is 8.89. The number of hydrogen-bond donors (Lipinski definition) is 0. The number of rotatable bonds is 4. The van der Waals surface area contributed by atoms with E-state index in [-0.39, 0.29) is 11.3 Å². The number of likely N-dealkylation sites (tertiary alicyclic amines) is 1. The summed E-state index contributed by atoms with van der Waals surface area (Å²) in [5.74, 6) is 0.178. The zero-order valence-corrected chi connectivity index (χ0v) is 12.4. The molecule has 0 bridgehead atoms. The van der Waals surface area contributed by atoms with Crippen molar-refractivity contribution < 1.29 is 17.9 Å². The average molecular weight is 290 g/mol. The fourth-order valence-electron chi connectivity index (χ4n) is 3.02. The SMILES string of the molecule is COCCN1CCC2(CCN(S(C)(=O)=O)CC2)C1=O. The number of carbonyl (C=O) groups is 1. The molecule has 1 spiro atoms. The molecule has 2 aliphatic rings. The maximum atomic E-state index is 12.4. The molecule has 0 aromatic rings. The molecule has 0 atom stereocenters. The fraction of sp³-hybridized carbons (Fsp3) is 0.917. The van der Waals surface area contributed by atoms with E-state index in [2.05, 4.69) is 0 Å². The standard InChI is InChI=1S/C12H22N2O4S/c1-18-10-9-13-6-3-12(11(13)15)4-7-14(8-5-12)19(2,16)17/h3-10H2,1-2H3. The number of methoxy groups -OCH3 is 1. The molecule has 6 nitrogen and oxygen atoms in total. The summed E-state index contributed by atoms with van der Waals surface area (Å²) in [5, 5.41) is 0. The highest BCUT2D eigenvalue weighted by Crippen LogP contribution is 2.41. The van der Waals surface area contributed by atoms with Gasteiger partial charge in [-0.25, -0.2) is 12.7 Å². The fourth-order valence-corrected chi connectivity index (χ4v) is 3.86. The van der Waals surface area contributed by atoms with Crippen molar-refractivity contribution in [2.45, 2.75) is 19.3 Å². The van der Waals surface area contributed by atoms with Crippen molar-refractivity contribution in [3.8, 4) is 0 Å². The van der Waals surface area contributed by atoms with Crippen LogP contribution in [0.15, 0.2) is 0 Å². The van der Waals surface area contributed by atoms with Gasteiger partial charge < -0.3 is 9.64 Å². The minimum absolute atomic E-state index is 0.178. The van der Waals surface area contributed by atoms with Gasteiger partial charge in [0.25, 0.3) is 0 Å². The van der Waals surface area contributed by atoms with E-state index in [1.54, 1.807) is 7.11 Å². The summed E-state index contributed by atoms with van der Waals surface area (Å²) in [4.78, 5) is 14.3. The zero-order chi connectivity index (χ0) is 14.1. The van der Waals surface area contributed by atoms with Crippen LogP contribution in [0.25, 0.3) is 0 Å². The van der Waals surface area contributed by atoms with Gasteiger partial charge in [-0.3, -0.25) is 4.79 Å². The summed E-state index contributed by atoms with van der Waals surface area (Å²) in [5.41, 5.74) is -0.324. The number of hydrogen-bond acceptors (Lipinski definition) is 4. The number of sulfonamides is 1. The smallest absolute Gasteiger partial charge is 0.229 e. The van der Waals surface area contributed by atoms with Gasteiger partial charge in [0, 0.05) is 33.3 Å². The van der Waals surface area contributed by atoms with Crippen LogP contribution in [0.5, 0.6) is 0 Å². The monoisotopic (exact) mass is 290 g/mol. The first-order valence-corrected chi connectivity index (χ1v) is 8.47. The maximum absolute atomic E-state index is 12.4. The minimum atomic E-state index is -3.13. The Morgan fingerprint density at radius 3 is 2.32 bits per heavy atom. The van der Waals surface area contributed by atoms with Crippen molar-refractivity contribution in [2.24, 2.45) is 5.41 Å². The van der Waals surface area contributed by atoms with Gasteiger partial charge >= 0.3 is 0 Å². The van der Waals surface area contributed by atoms with Crippen LogP contribution in [0.4, 0.5) is 0 Å². The Morgan fingerprint density at radius 1 is 1.21 bits per heavy atom. The van der Waals surface area contributed by atoms with Crippen molar-refractivity contribution in [2.75, 3.05) is 46.2 Å². The summed E-state index contributed by atoms with van der Waals surface area (Å²) in [6.07, 6.45) is 3.35. The number of piperidine rings is 1. The van der Waals surface area contributed by atoms with Gasteiger partial charge in [0.05, 0.1) is 18.3 Å². The number of ether oxygens (including phenoxy) is 1. The second-order valence-electron chi connectivity index (χ2n) is 5.48. The van der Waals surface area contributed by atoms with Crippen LogP contribution in [0.1, 0.15) is 19.3 Å². The quantitative estimate of drug-likeness (QED) is 0.725. The third-order valence-corrected chi connectivity index (χ3v) is 5.62. The van der Waals surface area contributed by atoms with E-state index in [1.807, 2.05) is 4.90 Å². The predicted molar refractivity (Wildman–Crippen MR) is 71.2 cm³/mol. The first-order valence-electron chi connectivity index (χ1n) is 6.62. The third kappa shape index (κ3) is 2.93. The lowest BCUT2D eigenvalue weighted by atomic mass is 9.77. The molecule has 2 fully saturated rings. The summed E-state index contributed by atoms with van der Waals surface area (Å²) in [6.45, 7) is 2.87. The highest BCUT2D eigenvalue weighted by Gasteiger charge is 2.48. The Labute approximate surface area is 114 Å². The van der Waals surface area contributed by atoms with Crippen LogP contribution in [-0.4, -0.2) is 69.7 Å². The van der Waals surface area contributed by atoms with Gasteiger partial charge in [-0.2, -0.15) is 0 Å². The number of amides is 1. The van der Waals surface area contributed by atoms with Crippen molar-refractivity contribution in [3.63, 3.8) is 0 Å². The van der Waals surface area contributed by atoms with Crippen LogP contribution >= 0.6 is 0 Å². The Balaban J connectivity index is 1.98. The molecule has 7 heteroatoms. The molecule has 0 aliphatic carbocycles. The van der Waals surface area contributed by atoms with Crippen molar-refractivity contribution in [3.05, 3.63) is 0 Å². The molecule has 0 radical (unpaired) electrons. The Kier molecular flexibility index (Phi) is 4.17. The summed E-state index contributed by atoms with van der Waals surface area (Å²) in [6, 6.07) is 0. The van der Waals surface area contributed by atoms with Gasteiger partial charge in [0.2, 0.25) is 15.9 Å². The third-order valence-electron chi connectivity index (χ3n) is 4.32. The maximum Gasteiger partial charge on any atom is 0.229 e. The topological polar surface area (TPSA) is 66.9 Å². The lowest BCUT2D eigenvalue weighted by molar-refractivity contribution is -0.138. The molecule has 110 valence electrons. The number of nitrogens with zero attached hydrogens (tertiary/aromatic N) is 2. The highest BCUT2D eigenvalue weighted by atomic mass is 32.2. The summed E-state index contributed by atoms with van der Waals surface area (Å²) < 4.78 is 29.5. The lowest BCUT2D eigenvalue weighted by Crippen LogP contribution is -2.46. The Morgan fingerprint density at radius 2 is 1.79 bits per heavy atom. The van der Waals surface area contributed by atoms with Gasteiger partial charge in [-0.1, -0.05) is 0 Å². The van der Waals surface area contributed by atoms with E-state index < -0.39 is 10.0 Å². The average Bonchev–Trinajstić information content (AvgIpc) is 2.65. The molecule has 0 aromatic heterocycles. The summed E-state index contributed by atoms with van der Waals surface area (Å²) in [7, 11) is -1.50. The van der Waals surface area contributed by atoms with Crippen LogP contribution < -0.4 is 0 Å². The lowest BCUT2D eigenvalue weighted by Gasteiger charge is -2.36. The van der Waals surface area contributed by atoms with Crippen LogP contribution in [-0.2, 0) is 19.6 Å². The predicted octanol–water partition coefficient (Wildman–Crippen LogP) is -0.0931. The molecule has 1 amide bonds. The Bertz CT molecular complexity index is 441. The molecular formula is C12H22N2O4S. The van der Waals surface area contributed by atoms with Crippen LogP contribution in [0, 0.1) is 5.41 Å². The molecule has 2 rings (SSSR count). The molecule has 0 saturated carbocycles. The molecule has 0 N–H and O–H groups in total. The van der Waals surface area contributed by atoms with Gasteiger partial charge in [0.15, 0.2) is 0 Å². The van der Waals surface area contributed by atoms with E-state index >= 15 is 0 Å². The van der Waals surface area contributed by atoms with E-state index in [4.69, 9.17) is 4.74 Å². The van der Waals surface area contributed by atoms with Crippen LogP contribution in [0.3, 0.4) is 0 Å². The zero-order valence-electron chi connectivity index (χ0n) is 11.6. The molecular weight excluding hydrogens is 268 g/mol. The van der Waals surface area contributed by atoms with E-state index in [9.17, 15) is 13.2 Å². The second kappa shape index (κ2) is 5.38. The van der Waals surface area contributed by atoms with Gasteiger partial charge in [0.1, 0.15) is 0 Å². The normalized spacial score (nSPS) is 24.3. The number of carbonyl (C=O) groups excluding carboxylic acids is 1. The first kappa shape index (κ1) is 14.7. The van der Waals surface area contributed by atoms with E-state index in [0.717, 1.165) is 13.0 Å².